The van der Waals surface area contributed by atoms with Gasteiger partial charge in [-0.05, 0) is 25.1 Å². The molecule has 2 aromatic carbocycles. The van der Waals surface area contributed by atoms with Gasteiger partial charge in [0.2, 0.25) is 0 Å². The summed E-state index contributed by atoms with van der Waals surface area (Å²) in [5.41, 5.74) is 2.89. The predicted octanol–water partition coefficient (Wildman–Crippen LogP) is 2.29. The zero-order valence-corrected chi connectivity index (χ0v) is 13.8. The maximum absolute atomic E-state index is 12.0. The Hall–Kier alpha value is -2.53. The molecule has 0 atom stereocenters. The molecule has 0 saturated heterocycles. The van der Waals surface area contributed by atoms with Crippen molar-refractivity contribution in [3.05, 3.63) is 59.2 Å². The normalized spacial score (nSPS) is 12.7. The fraction of sp³-hybridized carbons (Fsp3) is 0.316. The maximum Gasteiger partial charge on any atom is 0.251 e. The first-order valence-corrected chi connectivity index (χ1v) is 8.17. The summed E-state index contributed by atoms with van der Waals surface area (Å²) in [7, 11) is 0. The van der Waals surface area contributed by atoms with Crippen LogP contribution in [0.3, 0.4) is 0 Å². The molecule has 5 heteroatoms. The maximum atomic E-state index is 12.0. The molecule has 0 saturated carbocycles. The molecular weight excluding hydrogens is 304 g/mol. The molecule has 0 radical (unpaired) electrons. The molecular formula is C19H22N2O3. The lowest BCUT2D eigenvalue weighted by Gasteiger charge is -2.21. The quantitative estimate of drug-likeness (QED) is 0.800. The van der Waals surface area contributed by atoms with Gasteiger partial charge >= 0.3 is 0 Å². The third kappa shape index (κ3) is 4.06. The molecule has 1 amide bonds. The van der Waals surface area contributed by atoms with Crippen molar-refractivity contribution < 1.29 is 14.3 Å². The van der Waals surface area contributed by atoms with Gasteiger partial charge in [0, 0.05) is 30.8 Å². The summed E-state index contributed by atoms with van der Waals surface area (Å²) in [5, 5.41) is 6.23. The highest BCUT2D eigenvalue weighted by Gasteiger charge is 2.14. The molecule has 1 aliphatic heterocycles. The Kier molecular flexibility index (Phi) is 5.33. The summed E-state index contributed by atoms with van der Waals surface area (Å²) in [6, 6.07) is 13.5. The molecule has 0 spiro atoms. The molecule has 1 aliphatic rings. The van der Waals surface area contributed by atoms with Crippen molar-refractivity contribution in [3.63, 3.8) is 0 Å². The minimum atomic E-state index is -0.0503. The van der Waals surface area contributed by atoms with E-state index < -0.39 is 0 Å². The highest BCUT2D eigenvalue weighted by molar-refractivity contribution is 5.94. The van der Waals surface area contributed by atoms with E-state index in [9.17, 15) is 4.79 Å². The largest absolute Gasteiger partial charge is 0.486 e. The Bertz CT molecular complexity index is 698. The summed E-state index contributed by atoms with van der Waals surface area (Å²) >= 11 is 0. The van der Waals surface area contributed by atoms with E-state index in [2.05, 4.69) is 10.6 Å². The zero-order chi connectivity index (χ0) is 16.8. The number of hydrogen-bond acceptors (Lipinski definition) is 4. The lowest BCUT2D eigenvalue weighted by Crippen LogP contribution is -2.31. The number of amides is 1. The molecule has 0 fully saturated rings. The standard InChI is InChI=1S/C19H22N2O3/c1-14-5-7-15(8-6-14)19(22)21-10-9-20-13-16-3-2-4-17-18(16)24-12-11-23-17/h2-8,20H,9-13H2,1H3,(H,21,22). The average Bonchev–Trinajstić information content (AvgIpc) is 2.62. The number of rotatable bonds is 6. The number of benzene rings is 2. The summed E-state index contributed by atoms with van der Waals surface area (Å²) in [5.74, 6) is 1.57. The Balaban J connectivity index is 1.43. The van der Waals surface area contributed by atoms with Crippen molar-refractivity contribution in [1.82, 2.24) is 10.6 Å². The van der Waals surface area contributed by atoms with Gasteiger partial charge in [0.1, 0.15) is 13.2 Å². The van der Waals surface area contributed by atoms with Gasteiger partial charge < -0.3 is 20.1 Å². The third-order valence-corrected chi connectivity index (χ3v) is 3.86. The number of ether oxygens (including phenoxy) is 2. The lowest BCUT2D eigenvalue weighted by molar-refractivity contribution is 0.0954. The van der Waals surface area contributed by atoms with Gasteiger partial charge in [-0.25, -0.2) is 0 Å². The van der Waals surface area contributed by atoms with Crippen LogP contribution < -0.4 is 20.1 Å². The van der Waals surface area contributed by atoms with Crippen LogP contribution in [-0.2, 0) is 6.54 Å². The second kappa shape index (κ2) is 7.84. The first kappa shape index (κ1) is 16.3. The van der Waals surface area contributed by atoms with Crippen LogP contribution in [0, 0.1) is 6.92 Å². The summed E-state index contributed by atoms with van der Waals surface area (Å²) in [4.78, 5) is 12.0. The molecule has 24 heavy (non-hydrogen) atoms. The fourth-order valence-electron chi connectivity index (χ4n) is 2.57. The van der Waals surface area contributed by atoms with Crippen molar-refractivity contribution in [2.45, 2.75) is 13.5 Å². The Morgan fingerprint density at radius 3 is 2.67 bits per heavy atom. The van der Waals surface area contributed by atoms with Gasteiger partial charge in [0.15, 0.2) is 11.5 Å². The van der Waals surface area contributed by atoms with Crippen LogP contribution in [0.4, 0.5) is 0 Å². The van der Waals surface area contributed by atoms with Gasteiger partial charge in [-0.3, -0.25) is 4.79 Å². The van der Waals surface area contributed by atoms with Crippen LogP contribution in [0.25, 0.3) is 0 Å². The van der Waals surface area contributed by atoms with E-state index in [4.69, 9.17) is 9.47 Å². The molecule has 2 aromatic rings. The second-order valence-electron chi connectivity index (χ2n) is 5.74. The highest BCUT2D eigenvalue weighted by atomic mass is 16.6. The van der Waals surface area contributed by atoms with Crippen LogP contribution in [0.1, 0.15) is 21.5 Å². The SMILES string of the molecule is Cc1ccc(C(=O)NCCNCc2cccc3c2OCCO3)cc1. The molecule has 2 N–H and O–H groups in total. The number of aryl methyl sites for hydroxylation is 1. The predicted molar refractivity (Wildman–Crippen MR) is 92.7 cm³/mol. The van der Waals surface area contributed by atoms with E-state index in [-0.39, 0.29) is 5.91 Å². The van der Waals surface area contributed by atoms with Gasteiger partial charge in [-0.15, -0.1) is 0 Å². The monoisotopic (exact) mass is 326 g/mol. The number of fused-ring (bicyclic) bond motifs is 1. The van der Waals surface area contributed by atoms with Crippen LogP contribution in [0.5, 0.6) is 11.5 Å². The molecule has 0 aliphatic carbocycles. The number of para-hydroxylation sites is 1. The second-order valence-corrected chi connectivity index (χ2v) is 5.74. The van der Waals surface area contributed by atoms with Crippen molar-refractivity contribution in [2.75, 3.05) is 26.3 Å². The first-order chi connectivity index (χ1) is 11.7. The molecule has 3 rings (SSSR count). The van der Waals surface area contributed by atoms with Crippen molar-refractivity contribution in [2.24, 2.45) is 0 Å². The van der Waals surface area contributed by atoms with Crippen LogP contribution in [0.2, 0.25) is 0 Å². The smallest absolute Gasteiger partial charge is 0.251 e. The molecule has 5 nitrogen and oxygen atoms in total. The summed E-state index contributed by atoms with van der Waals surface area (Å²) < 4.78 is 11.3. The molecule has 0 aromatic heterocycles. The summed E-state index contributed by atoms with van der Waals surface area (Å²) in [6.07, 6.45) is 0. The minimum absolute atomic E-state index is 0.0503. The number of hydrogen-bond donors (Lipinski definition) is 2. The summed E-state index contributed by atoms with van der Waals surface area (Å²) in [6.45, 7) is 5.10. The van der Waals surface area contributed by atoms with Crippen molar-refractivity contribution >= 4 is 5.91 Å². The van der Waals surface area contributed by atoms with E-state index in [1.54, 1.807) is 0 Å². The minimum Gasteiger partial charge on any atom is -0.486 e. The van der Waals surface area contributed by atoms with Gasteiger partial charge in [0.25, 0.3) is 5.91 Å². The van der Waals surface area contributed by atoms with Crippen LogP contribution >= 0.6 is 0 Å². The van der Waals surface area contributed by atoms with E-state index in [1.165, 1.54) is 0 Å². The molecule has 1 heterocycles. The van der Waals surface area contributed by atoms with E-state index in [0.29, 0.717) is 38.4 Å². The average molecular weight is 326 g/mol. The molecule has 0 unspecified atom stereocenters. The number of nitrogens with one attached hydrogen (secondary N) is 2. The van der Waals surface area contributed by atoms with Gasteiger partial charge in [0.05, 0.1) is 0 Å². The topological polar surface area (TPSA) is 59.6 Å². The Morgan fingerprint density at radius 2 is 1.83 bits per heavy atom. The third-order valence-electron chi connectivity index (χ3n) is 3.86. The fourth-order valence-corrected chi connectivity index (χ4v) is 2.57. The molecule has 0 bridgehead atoms. The number of carbonyl (C=O) groups excluding carboxylic acids is 1. The van der Waals surface area contributed by atoms with Crippen molar-refractivity contribution in [1.29, 1.82) is 0 Å². The first-order valence-electron chi connectivity index (χ1n) is 8.17. The van der Waals surface area contributed by atoms with Gasteiger partial charge in [-0.1, -0.05) is 29.8 Å². The van der Waals surface area contributed by atoms with Crippen LogP contribution in [-0.4, -0.2) is 32.2 Å². The van der Waals surface area contributed by atoms with Gasteiger partial charge in [-0.2, -0.15) is 0 Å². The highest BCUT2D eigenvalue weighted by Crippen LogP contribution is 2.33. The van der Waals surface area contributed by atoms with E-state index in [1.807, 2.05) is 49.4 Å². The Morgan fingerprint density at radius 1 is 1.04 bits per heavy atom. The number of carbonyl (C=O) groups is 1. The Labute approximate surface area is 142 Å². The molecule has 126 valence electrons. The van der Waals surface area contributed by atoms with Crippen LogP contribution in [0.15, 0.2) is 42.5 Å². The van der Waals surface area contributed by atoms with E-state index in [0.717, 1.165) is 22.6 Å². The zero-order valence-electron chi connectivity index (χ0n) is 13.8. The lowest BCUT2D eigenvalue weighted by atomic mass is 10.1. The van der Waals surface area contributed by atoms with Crippen molar-refractivity contribution in [3.8, 4) is 11.5 Å². The van der Waals surface area contributed by atoms with E-state index >= 15 is 0 Å².